The SMILES string of the molecule is O=S(=O)(O)c1cc(-c2ccc(F)cc2)cc(S(=O)(=O)O)c1F. The van der Waals surface area contributed by atoms with Crippen molar-refractivity contribution in [3.63, 3.8) is 0 Å². The van der Waals surface area contributed by atoms with Crippen LogP contribution in [0.25, 0.3) is 11.1 Å². The number of hydrogen-bond acceptors (Lipinski definition) is 4. The van der Waals surface area contributed by atoms with Crippen LogP contribution < -0.4 is 0 Å². The summed E-state index contributed by atoms with van der Waals surface area (Å²) in [5.74, 6) is -2.41. The molecular formula is C12H8F2O6S2. The largest absolute Gasteiger partial charge is 0.297 e. The third kappa shape index (κ3) is 3.30. The Morgan fingerprint density at radius 3 is 1.50 bits per heavy atom. The van der Waals surface area contributed by atoms with Crippen molar-refractivity contribution in [3.8, 4) is 11.1 Å². The Kier molecular flexibility index (Phi) is 4.04. The lowest BCUT2D eigenvalue weighted by molar-refractivity contribution is 0.459. The van der Waals surface area contributed by atoms with Crippen LogP contribution in [0.3, 0.4) is 0 Å². The summed E-state index contributed by atoms with van der Waals surface area (Å²) in [6, 6.07) is 5.74. The lowest BCUT2D eigenvalue weighted by atomic mass is 10.1. The molecule has 0 aliphatic heterocycles. The van der Waals surface area contributed by atoms with Gasteiger partial charge in [0.15, 0.2) is 5.82 Å². The van der Waals surface area contributed by atoms with E-state index in [4.69, 9.17) is 9.11 Å². The smallest absolute Gasteiger partial charge is 0.282 e. The third-order valence-corrected chi connectivity index (χ3v) is 4.44. The van der Waals surface area contributed by atoms with Gasteiger partial charge in [0.05, 0.1) is 0 Å². The fourth-order valence-corrected chi connectivity index (χ4v) is 3.05. The van der Waals surface area contributed by atoms with Crippen molar-refractivity contribution in [2.24, 2.45) is 0 Å². The van der Waals surface area contributed by atoms with Crippen molar-refractivity contribution in [2.75, 3.05) is 0 Å². The molecule has 0 fully saturated rings. The normalized spacial score (nSPS) is 12.4. The van der Waals surface area contributed by atoms with Gasteiger partial charge in [-0.1, -0.05) is 12.1 Å². The Balaban J connectivity index is 2.85. The van der Waals surface area contributed by atoms with Gasteiger partial charge in [-0.05, 0) is 35.4 Å². The quantitative estimate of drug-likeness (QED) is 0.821. The Labute approximate surface area is 124 Å². The minimum Gasteiger partial charge on any atom is -0.282 e. The topological polar surface area (TPSA) is 109 Å². The second-order valence-corrected chi connectivity index (χ2v) is 7.02. The molecule has 10 heteroatoms. The minimum atomic E-state index is -5.08. The Morgan fingerprint density at radius 2 is 1.14 bits per heavy atom. The Morgan fingerprint density at radius 1 is 0.727 bits per heavy atom. The Bertz CT molecular complexity index is 881. The van der Waals surface area contributed by atoms with Crippen molar-refractivity contribution >= 4 is 20.2 Å². The molecule has 2 rings (SSSR count). The first-order valence-electron chi connectivity index (χ1n) is 5.54. The second kappa shape index (κ2) is 5.39. The predicted molar refractivity (Wildman–Crippen MR) is 71.4 cm³/mol. The second-order valence-electron chi connectivity index (χ2n) is 4.24. The van der Waals surface area contributed by atoms with Crippen LogP contribution in [0, 0.1) is 11.6 Å². The van der Waals surface area contributed by atoms with Crippen molar-refractivity contribution < 1.29 is 34.7 Å². The standard InChI is InChI=1S/C12H8F2O6S2/c13-9-3-1-7(2-4-9)8-5-10(21(15,16)17)12(14)11(6-8)22(18,19)20/h1-6H,(H,15,16,17)(H,18,19,20). The molecule has 0 aliphatic carbocycles. The summed E-state index contributed by atoms with van der Waals surface area (Å²) < 4.78 is 89.3. The molecule has 0 unspecified atom stereocenters. The van der Waals surface area contributed by atoms with E-state index in [1.807, 2.05) is 0 Å². The van der Waals surface area contributed by atoms with Crippen molar-refractivity contribution in [1.29, 1.82) is 0 Å². The highest BCUT2D eigenvalue weighted by atomic mass is 32.2. The van der Waals surface area contributed by atoms with Crippen LogP contribution in [0.4, 0.5) is 8.78 Å². The third-order valence-electron chi connectivity index (χ3n) is 2.74. The first-order valence-corrected chi connectivity index (χ1v) is 8.42. The monoisotopic (exact) mass is 350 g/mol. The van der Waals surface area contributed by atoms with E-state index in [1.165, 1.54) is 12.1 Å². The maximum Gasteiger partial charge on any atom is 0.297 e. The van der Waals surface area contributed by atoms with Gasteiger partial charge in [-0.2, -0.15) is 16.8 Å². The fourth-order valence-electron chi connectivity index (χ4n) is 1.76. The molecule has 0 radical (unpaired) electrons. The highest BCUT2D eigenvalue weighted by Gasteiger charge is 2.26. The summed E-state index contributed by atoms with van der Waals surface area (Å²) in [4.78, 5) is -2.64. The summed E-state index contributed by atoms with van der Waals surface area (Å²) in [6.45, 7) is 0. The number of halogens is 2. The number of rotatable bonds is 3. The van der Waals surface area contributed by atoms with E-state index in [2.05, 4.69) is 0 Å². The highest BCUT2D eigenvalue weighted by Crippen LogP contribution is 2.30. The summed E-state index contributed by atoms with van der Waals surface area (Å²) >= 11 is 0. The van der Waals surface area contributed by atoms with E-state index < -0.39 is 41.7 Å². The highest BCUT2D eigenvalue weighted by molar-refractivity contribution is 7.86. The van der Waals surface area contributed by atoms with Gasteiger partial charge in [0.2, 0.25) is 0 Å². The first kappa shape index (κ1) is 16.5. The molecule has 118 valence electrons. The molecule has 0 bridgehead atoms. The maximum atomic E-state index is 13.9. The summed E-state index contributed by atoms with van der Waals surface area (Å²) in [7, 11) is -10.2. The molecule has 2 N–H and O–H groups in total. The zero-order valence-corrected chi connectivity index (χ0v) is 12.2. The average Bonchev–Trinajstić information content (AvgIpc) is 2.37. The number of hydrogen-bond donors (Lipinski definition) is 2. The zero-order valence-electron chi connectivity index (χ0n) is 10.6. The Hall–Kier alpha value is -1.88. The summed E-state index contributed by atoms with van der Waals surface area (Å²) in [5.41, 5.74) is -0.00199. The van der Waals surface area contributed by atoms with Crippen LogP contribution in [0.1, 0.15) is 0 Å². The molecule has 0 saturated carbocycles. The van der Waals surface area contributed by atoms with Crippen LogP contribution in [0.5, 0.6) is 0 Å². The molecular weight excluding hydrogens is 342 g/mol. The van der Waals surface area contributed by atoms with Gasteiger partial charge in [0.1, 0.15) is 15.6 Å². The van der Waals surface area contributed by atoms with Crippen LogP contribution >= 0.6 is 0 Å². The van der Waals surface area contributed by atoms with E-state index in [9.17, 15) is 25.6 Å². The van der Waals surface area contributed by atoms with Crippen LogP contribution in [-0.2, 0) is 20.2 Å². The summed E-state index contributed by atoms with van der Waals surface area (Å²) in [5, 5.41) is 0. The van der Waals surface area contributed by atoms with Gasteiger partial charge in [-0.15, -0.1) is 0 Å². The molecule has 0 aromatic heterocycles. The van der Waals surface area contributed by atoms with E-state index >= 15 is 0 Å². The molecule has 0 saturated heterocycles. The molecule has 0 heterocycles. The van der Waals surface area contributed by atoms with E-state index in [1.54, 1.807) is 0 Å². The molecule has 2 aromatic rings. The predicted octanol–water partition coefficient (Wildman–Crippen LogP) is 2.13. The van der Waals surface area contributed by atoms with Gasteiger partial charge >= 0.3 is 0 Å². The molecule has 22 heavy (non-hydrogen) atoms. The maximum absolute atomic E-state index is 13.9. The molecule has 0 amide bonds. The molecule has 0 atom stereocenters. The van der Waals surface area contributed by atoms with Gasteiger partial charge in [0, 0.05) is 0 Å². The van der Waals surface area contributed by atoms with Gasteiger partial charge in [0.25, 0.3) is 20.2 Å². The van der Waals surface area contributed by atoms with E-state index in [-0.39, 0.29) is 11.1 Å². The molecule has 6 nitrogen and oxygen atoms in total. The van der Waals surface area contributed by atoms with E-state index in [0.29, 0.717) is 12.1 Å². The van der Waals surface area contributed by atoms with E-state index in [0.717, 1.165) is 12.1 Å². The van der Waals surface area contributed by atoms with Crippen LogP contribution in [0.15, 0.2) is 46.2 Å². The average molecular weight is 350 g/mol. The number of benzene rings is 2. The van der Waals surface area contributed by atoms with Crippen molar-refractivity contribution in [1.82, 2.24) is 0 Å². The van der Waals surface area contributed by atoms with Crippen LogP contribution in [-0.4, -0.2) is 25.9 Å². The molecule has 0 aliphatic rings. The zero-order chi connectivity index (χ0) is 16.7. The first-order chi connectivity index (χ1) is 10.00. The van der Waals surface area contributed by atoms with Crippen LogP contribution in [0.2, 0.25) is 0 Å². The van der Waals surface area contributed by atoms with Crippen molar-refractivity contribution in [3.05, 3.63) is 48.0 Å². The lowest BCUT2D eigenvalue weighted by Gasteiger charge is -2.09. The van der Waals surface area contributed by atoms with Crippen molar-refractivity contribution in [2.45, 2.75) is 9.79 Å². The lowest BCUT2D eigenvalue weighted by Crippen LogP contribution is -2.09. The van der Waals surface area contributed by atoms with Gasteiger partial charge in [-0.25, -0.2) is 8.78 Å². The molecule has 2 aromatic carbocycles. The fraction of sp³-hybridized carbons (Fsp3) is 0. The van der Waals surface area contributed by atoms with Gasteiger partial charge < -0.3 is 0 Å². The molecule has 0 spiro atoms. The van der Waals surface area contributed by atoms with Gasteiger partial charge in [-0.3, -0.25) is 9.11 Å². The minimum absolute atomic E-state index is 0.149. The summed E-state index contributed by atoms with van der Waals surface area (Å²) in [6.07, 6.45) is 0.